The molecular weight excluding hydrogens is 252 g/mol. The average Bonchev–Trinajstić information content (AvgIpc) is 2.83. The molecule has 0 spiro atoms. The van der Waals surface area contributed by atoms with E-state index in [4.69, 9.17) is 14.7 Å². The molecule has 0 atom stereocenters. The highest BCUT2D eigenvalue weighted by atomic mass is 32.2. The van der Waals surface area contributed by atoms with Gasteiger partial charge in [-0.05, 0) is 27.7 Å². The van der Waals surface area contributed by atoms with E-state index >= 15 is 0 Å². The van der Waals surface area contributed by atoms with Crippen molar-refractivity contribution in [3.05, 3.63) is 23.2 Å². The molecule has 0 fully saturated rings. The van der Waals surface area contributed by atoms with Crippen LogP contribution >= 0.6 is 11.8 Å². The molecule has 0 saturated carbocycles. The highest BCUT2D eigenvalue weighted by Crippen LogP contribution is 2.24. The Hall–Kier alpha value is -1.34. The zero-order valence-corrected chi connectivity index (χ0v) is 11.7. The Kier molecular flexibility index (Phi) is 3.45. The van der Waals surface area contributed by atoms with Crippen LogP contribution in [-0.4, -0.2) is 15.1 Å². The maximum atomic E-state index is 5.88. The van der Waals surface area contributed by atoms with Gasteiger partial charge in [0.2, 0.25) is 5.89 Å². The lowest BCUT2D eigenvalue weighted by Gasteiger charge is -2.11. The van der Waals surface area contributed by atoms with Crippen molar-refractivity contribution in [3.8, 4) is 0 Å². The Bertz CT molecular complexity index is 522. The van der Waals surface area contributed by atoms with Crippen molar-refractivity contribution < 1.29 is 8.94 Å². The molecule has 0 bridgehead atoms. The fraction of sp³-hybridized carbons (Fsp3) is 0.545. The van der Waals surface area contributed by atoms with Gasteiger partial charge in [0.1, 0.15) is 5.76 Å². The minimum absolute atomic E-state index is 0.498. The van der Waals surface area contributed by atoms with Crippen molar-refractivity contribution in [2.75, 3.05) is 0 Å². The molecular formula is C11H16N4O2S. The van der Waals surface area contributed by atoms with Crippen LogP contribution in [0.25, 0.3) is 0 Å². The van der Waals surface area contributed by atoms with Crippen LogP contribution in [0, 0.1) is 13.8 Å². The van der Waals surface area contributed by atoms with Crippen LogP contribution in [0.1, 0.15) is 37.0 Å². The summed E-state index contributed by atoms with van der Waals surface area (Å²) in [5.74, 6) is 2.36. The molecule has 6 nitrogen and oxygen atoms in total. The maximum Gasteiger partial charge on any atom is 0.256 e. The molecule has 2 N–H and O–H groups in total. The first kappa shape index (κ1) is 13.1. The zero-order chi connectivity index (χ0) is 13.3. The summed E-state index contributed by atoms with van der Waals surface area (Å²) in [6.45, 7) is 7.45. The SMILES string of the molecule is Cc1nc(SCc2nc(C(C)(C)N)no2)oc1C. The quantitative estimate of drug-likeness (QED) is 0.849. The predicted molar refractivity (Wildman–Crippen MR) is 67.0 cm³/mol. The number of thioether (sulfide) groups is 1. The van der Waals surface area contributed by atoms with Gasteiger partial charge in [0.15, 0.2) is 5.82 Å². The second-order valence-corrected chi connectivity index (χ2v) is 5.57. The van der Waals surface area contributed by atoms with E-state index in [0.29, 0.717) is 22.7 Å². The number of aryl methyl sites for hydroxylation is 2. The lowest BCUT2D eigenvalue weighted by Crippen LogP contribution is -2.30. The number of hydrogen-bond acceptors (Lipinski definition) is 7. The standard InChI is InChI=1S/C11H16N4O2S/c1-6-7(2)16-10(13-6)18-5-8-14-9(15-17-8)11(3,4)12/h5,12H2,1-4H3. The molecule has 7 heteroatoms. The molecule has 18 heavy (non-hydrogen) atoms. The minimum atomic E-state index is -0.595. The first-order valence-corrected chi connectivity index (χ1v) is 6.53. The van der Waals surface area contributed by atoms with Crippen LogP contribution in [0.5, 0.6) is 0 Å². The Morgan fingerprint density at radius 2 is 2.00 bits per heavy atom. The summed E-state index contributed by atoms with van der Waals surface area (Å²) < 4.78 is 10.6. The molecule has 0 amide bonds. The molecule has 0 aliphatic carbocycles. The van der Waals surface area contributed by atoms with Crippen molar-refractivity contribution in [2.24, 2.45) is 5.73 Å². The van der Waals surface area contributed by atoms with E-state index in [9.17, 15) is 0 Å². The Balaban J connectivity index is 2.00. The van der Waals surface area contributed by atoms with Crippen molar-refractivity contribution in [1.82, 2.24) is 15.1 Å². The lowest BCUT2D eigenvalue weighted by atomic mass is 10.1. The van der Waals surface area contributed by atoms with Crippen LogP contribution in [0.3, 0.4) is 0 Å². The van der Waals surface area contributed by atoms with Gasteiger partial charge in [-0.2, -0.15) is 4.98 Å². The zero-order valence-electron chi connectivity index (χ0n) is 10.9. The van der Waals surface area contributed by atoms with E-state index in [2.05, 4.69) is 15.1 Å². The highest BCUT2D eigenvalue weighted by Gasteiger charge is 2.21. The first-order chi connectivity index (χ1) is 8.36. The summed E-state index contributed by atoms with van der Waals surface area (Å²) in [7, 11) is 0. The molecule has 0 radical (unpaired) electrons. The molecule has 2 heterocycles. The molecule has 2 aromatic rings. The molecule has 0 saturated heterocycles. The van der Waals surface area contributed by atoms with Crippen molar-refractivity contribution in [1.29, 1.82) is 0 Å². The number of aromatic nitrogens is 3. The van der Waals surface area contributed by atoms with Gasteiger partial charge in [0.05, 0.1) is 17.0 Å². The monoisotopic (exact) mass is 268 g/mol. The summed E-state index contributed by atoms with van der Waals surface area (Å²) in [4.78, 5) is 8.50. The van der Waals surface area contributed by atoms with Gasteiger partial charge in [-0.1, -0.05) is 16.9 Å². The Morgan fingerprint density at radius 1 is 1.28 bits per heavy atom. The number of nitrogens with zero attached hydrogens (tertiary/aromatic N) is 3. The summed E-state index contributed by atoms with van der Waals surface area (Å²) in [5, 5.41) is 4.46. The normalized spacial score (nSPS) is 12.1. The van der Waals surface area contributed by atoms with E-state index in [1.165, 1.54) is 11.8 Å². The van der Waals surface area contributed by atoms with Crippen LogP contribution in [-0.2, 0) is 11.3 Å². The van der Waals surface area contributed by atoms with Gasteiger partial charge in [-0.25, -0.2) is 4.98 Å². The molecule has 0 unspecified atom stereocenters. The summed E-state index contributed by atoms with van der Waals surface area (Å²) in [6.07, 6.45) is 0. The third kappa shape index (κ3) is 2.91. The number of oxazole rings is 1. The number of nitrogens with two attached hydrogens (primary N) is 1. The van der Waals surface area contributed by atoms with Crippen molar-refractivity contribution in [3.63, 3.8) is 0 Å². The van der Waals surface area contributed by atoms with Gasteiger partial charge in [0, 0.05) is 0 Å². The van der Waals surface area contributed by atoms with E-state index in [0.717, 1.165) is 11.5 Å². The Morgan fingerprint density at radius 3 is 2.50 bits per heavy atom. The van der Waals surface area contributed by atoms with E-state index in [-0.39, 0.29) is 0 Å². The van der Waals surface area contributed by atoms with Crippen LogP contribution in [0.2, 0.25) is 0 Å². The molecule has 0 aliphatic rings. The number of rotatable bonds is 4. The maximum absolute atomic E-state index is 5.88. The van der Waals surface area contributed by atoms with E-state index in [1.807, 2.05) is 27.7 Å². The second kappa shape index (κ2) is 4.74. The smallest absolute Gasteiger partial charge is 0.256 e. The van der Waals surface area contributed by atoms with Crippen LogP contribution < -0.4 is 5.73 Å². The van der Waals surface area contributed by atoms with Crippen molar-refractivity contribution >= 4 is 11.8 Å². The molecule has 98 valence electrons. The van der Waals surface area contributed by atoms with Gasteiger partial charge < -0.3 is 14.7 Å². The van der Waals surface area contributed by atoms with E-state index < -0.39 is 5.54 Å². The number of hydrogen-bond donors (Lipinski definition) is 1. The Labute approximate surface area is 109 Å². The highest BCUT2D eigenvalue weighted by molar-refractivity contribution is 7.98. The fourth-order valence-corrected chi connectivity index (χ4v) is 1.95. The van der Waals surface area contributed by atoms with Crippen LogP contribution in [0.4, 0.5) is 0 Å². The summed E-state index contributed by atoms with van der Waals surface area (Å²) in [5.41, 5.74) is 6.18. The molecule has 2 aromatic heterocycles. The molecule has 0 aliphatic heterocycles. The van der Waals surface area contributed by atoms with Gasteiger partial charge in [0.25, 0.3) is 5.22 Å². The van der Waals surface area contributed by atoms with Crippen LogP contribution in [0.15, 0.2) is 14.2 Å². The van der Waals surface area contributed by atoms with Gasteiger partial charge in [-0.3, -0.25) is 0 Å². The second-order valence-electron chi connectivity index (χ2n) is 4.64. The fourth-order valence-electron chi connectivity index (χ4n) is 1.20. The largest absolute Gasteiger partial charge is 0.437 e. The van der Waals surface area contributed by atoms with Crippen molar-refractivity contribution in [2.45, 2.75) is 44.2 Å². The van der Waals surface area contributed by atoms with E-state index in [1.54, 1.807) is 0 Å². The lowest BCUT2D eigenvalue weighted by molar-refractivity contribution is 0.369. The predicted octanol–water partition coefficient (Wildman–Crippen LogP) is 2.16. The summed E-state index contributed by atoms with van der Waals surface area (Å²) >= 11 is 1.42. The topological polar surface area (TPSA) is 91.0 Å². The minimum Gasteiger partial charge on any atom is -0.437 e. The molecule has 2 rings (SSSR count). The average molecular weight is 268 g/mol. The third-order valence-electron chi connectivity index (χ3n) is 2.37. The third-order valence-corrected chi connectivity index (χ3v) is 3.19. The first-order valence-electron chi connectivity index (χ1n) is 5.55. The summed E-state index contributed by atoms with van der Waals surface area (Å²) in [6, 6.07) is 0. The van der Waals surface area contributed by atoms with Gasteiger partial charge >= 0.3 is 0 Å². The van der Waals surface area contributed by atoms with Gasteiger partial charge in [-0.15, -0.1) is 0 Å². The molecule has 0 aromatic carbocycles.